The highest BCUT2D eigenvalue weighted by molar-refractivity contribution is 7.13. The molecule has 30 heavy (non-hydrogen) atoms. The quantitative estimate of drug-likeness (QED) is 0.585. The van der Waals surface area contributed by atoms with Crippen LogP contribution >= 0.6 is 11.3 Å². The SMILES string of the molecule is CCc1[nH]c(=O)c(-c2csc(-c3ccncc3)n2)cc1C(=O)OCCN1CCCC1. The first-order chi connectivity index (χ1) is 14.7. The number of pyridine rings is 2. The Morgan fingerprint density at radius 2 is 2.03 bits per heavy atom. The van der Waals surface area contributed by atoms with Crippen molar-refractivity contribution in [3.8, 4) is 21.8 Å². The van der Waals surface area contributed by atoms with Gasteiger partial charge in [0.25, 0.3) is 5.56 Å². The molecule has 0 saturated carbocycles. The summed E-state index contributed by atoms with van der Waals surface area (Å²) in [5, 5.41) is 2.62. The fraction of sp³-hybridized carbons (Fsp3) is 0.364. The first kappa shape index (κ1) is 20.4. The van der Waals surface area contributed by atoms with Crippen molar-refractivity contribution in [1.29, 1.82) is 0 Å². The zero-order chi connectivity index (χ0) is 20.9. The Morgan fingerprint density at radius 3 is 2.77 bits per heavy atom. The normalized spacial score (nSPS) is 14.2. The maximum absolute atomic E-state index is 12.7. The number of hydrogen-bond donors (Lipinski definition) is 1. The van der Waals surface area contributed by atoms with Gasteiger partial charge in [0.1, 0.15) is 11.6 Å². The molecule has 0 unspecified atom stereocenters. The largest absolute Gasteiger partial charge is 0.461 e. The number of aromatic amines is 1. The topological polar surface area (TPSA) is 88.2 Å². The molecule has 1 saturated heterocycles. The summed E-state index contributed by atoms with van der Waals surface area (Å²) in [5.41, 5.74) is 2.57. The summed E-state index contributed by atoms with van der Waals surface area (Å²) < 4.78 is 5.51. The van der Waals surface area contributed by atoms with Gasteiger partial charge in [-0.1, -0.05) is 6.92 Å². The monoisotopic (exact) mass is 424 g/mol. The number of likely N-dealkylation sites (tertiary alicyclic amines) is 1. The number of thiazole rings is 1. The van der Waals surface area contributed by atoms with Gasteiger partial charge in [-0.3, -0.25) is 14.7 Å². The fourth-order valence-corrected chi connectivity index (χ4v) is 4.42. The number of carbonyl (C=O) groups is 1. The van der Waals surface area contributed by atoms with Crippen LogP contribution in [0.25, 0.3) is 21.8 Å². The smallest absolute Gasteiger partial charge is 0.339 e. The minimum absolute atomic E-state index is 0.257. The Labute approximate surface area is 178 Å². The summed E-state index contributed by atoms with van der Waals surface area (Å²) in [6, 6.07) is 5.35. The number of carbonyl (C=O) groups excluding carboxylic acids is 1. The molecule has 1 aliphatic rings. The highest BCUT2D eigenvalue weighted by atomic mass is 32.1. The van der Waals surface area contributed by atoms with Gasteiger partial charge in [0.15, 0.2) is 0 Å². The minimum Gasteiger partial charge on any atom is -0.461 e. The van der Waals surface area contributed by atoms with E-state index in [0.29, 0.717) is 35.5 Å². The van der Waals surface area contributed by atoms with Crippen LogP contribution < -0.4 is 5.56 Å². The molecule has 3 aromatic heterocycles. The van der Waals surface area contributed by atoms with Gasteiger partial charge in [0.2, 0.25) is 0 Å². The third-order valence-electron chi connectivity index (χ3n) is 5.24. The number of ether oxygens (including phenoxy) is 1. The van der Waals surface area contributed by atoms with Gasteiger partial charge in [-0.15, -0.1) is 11.3 Å². The molecule has 3 aromatic rings. The van der Waals surface area contributed by atoms with Crippen LogP contribution in [0.5, 0.6) is 0 Å². The number of aryl methyl sites for hydroxylation is 1. The van der Waals surface area contributed by atoms with Crippen LogP contribution in [0.4, 0.5) is 0 Å². The number of nitrogens with one attached hydrogen (secondary N) is 1. The Bertz CT molecular complexity index is 1070. The van der Waals surface area contributed by atoms with Crippen LogP contribution in [0, 0.1) is 0 Å². The molecular weight excluding hydrogens is 400 g/mol. The fourth-order valence-electron chi connectivity index (χ4n) is 3.60. The van der Waals surface area contributed by atoms with Crippen molar-refractivity contribution in [2.45, 2.75) is 26.2 Å². The van der Waals surface area contributed by atoms with Gasteiger partial charge in [-0.05, 0) is 50.6 Å². The summed E-state index contributed by atoms with van der Waals surface area (Å²) in [6.45, 7) is 5.11. The van der Waals surface area contributed by atoms with E-state index in [1.165, 1.54) is 24.2 Å². The van der Waals surface area contributed by atoms with Crippen molar-refractivity contribution in [1.82, 2.24) is 19.9 Å². The van der Waals surface area contributed by atoms with Crippen LogP contribution in [0.2, 0.25) is 0 Å². The maximum atomic E-state index is 12.7. The lowest BCUT2D eigenvalue weighted by molar-refractivity contribution is 0.0470. The molecular formula is C22H24N4O3S. The van der Waals surface area contributed by atoms with Crippen molar-refractivity contribution in [2.24, 2.45) is 0 Å². The molecule has 4 heterocycles. The number of hydrogen-bond acceptors (Lipinski definition) is 7. The standard InChI is InChI=1S/C22H24N4O3S/c1-2-18-17(22(28)29-12-11-26-9-3-4-10-26)13-16(20(27)24-18)19-14-30-21(25-19)15-5-7-23-8-6-15/h5-8,13-14H,2-4,9-12H2,1H3,(H,24,27). The second-order valence-electron chi connectivity index (χ2n) is 7.22. The molecule has 8 heteroatoms. The van der Waals surface area contributed by atoms with E-state index in [9.17, 15) is 9.59 Å². The van der Waals surface area contributed by atoms with Crippen molar-refractivity contribution in [2.75, 3.05) is 26.2 Å². The third-order valence-corrected chi connectivity index (χ3v) is 6.13. The Balaban J connectivity index is 1.56. The highest BCUT2D eigenvalue weighted by Gasteiger charge is 2.19. The summed E-state index contributed by atoms with van der Waals surface area (Å²) >= 11 is 1.45. The molecule has 0 aliphatic carbocycles. The molecule has 4 rings (SSSR count). The predicted octanol–water partition coefficient (Wildman–Crippen LogP) is 3.38. The molecule has 0 radical (unpaired) electrons. The zero-order valence-electron chi connectivity index (χ0n) is 16.9. The van der Waals surface area contributed by atoms with Gasteiger partial charge in [-0.25, -0.2) is 9.78 Å². The second kappa shape index (κ2) is 9.32. The van der Waals surface area contributed by atoms with Gasteiger partial charge >= 0.3 is 5.97 Å². The first-order valence-electron chi connectivity index (χ1n) is 10.2. The van der Waals surface area contributed by atoms with E-state index in [1.54, 1.807) is 18.5 Å². The Kier molecular flexibility index (Phi) is 6.35. The molecule has 1 N–H and O–H groups in total. The van der Waals surface area contributed by atoms with E-state index in [-0.39, 0.29) is 5.56 Å². The molecule has 0 bridgehead atoms. The number of rotatable bonds is 7. The zero-order valence-corrected chi connectivity index (χ0v) is 17.7. The van der Waals surface area contributed by atoms with Crippen LogP contribution in [0.1, 0.15) is 35.8 Å². The van der Waals surface area contributed by atoms with Crippen molar-refractivity contribution in [3.05, 3.63) is 57.6 Å². The summed E-state index contributed by atoms with van der Waals surface area (Å²) in [7, 11) is 0. The van der Waals surface area contributed by atoms with E-state index in [4.69, 9.17) is 4.74 Å². The van der Waals surface area contributed by atoms with E-state index in [1.807, 2.05) is 24.4 Å². The van der Waals surface area contributed by atoms with Gasteiger partial charge < -0.3 is 9.72 Å². The lowest BCUT2D eigenvalue weighted by Crippen LogP contribution is -2.26. The van der Waals surface area contributed by atoms with Crippen molar-refractivity contribution >= 4 is 17.3 Å². The second-order valence-corrected chi connectivity index (χ2v) is 8.07. The van der Waals surface area contributed by atoms with Gasteiger partial charge in [0, 0.05) is 35.6 Å². The lowest BCUT2D eigenvalue weighted by Gasteiger charge is -2.15. The molecule has 1 aliphatic heterocycles. The molecule has 0 aromatic carbocycles. The van der Waals surface area contributed by atoms with E-state index >= 15 is 0 Å². The summed E-state index contributed by atoms with van der Waals surface area (Å²) in [4.78, 5) is 39.1. The minimum atomic E-state index is -0.409. The lowest BCUT2D eigenvalue weighted by atomic mass is 10.1. The number of nitrogens with zero attached hydrogens (tertiary/aromatic N) is 3. The van der Waals surface area contributed by atoms with Crippen LogP contribution in [-0.2, 0) is 11.2 Å². The van der Waals surface area contributed by atoms with Crippen molar-refractivity contribution < 1.29 is 9.53 Å². The Hall–Kier alpha value is -2.84. The number of esters is 1. The molecule has 0 spiro atoms. The maximum Gasteiger partial charge on any atom is 0.339 e. The van der Waals surface area contributed by atoms with E-state index in [2.05, 4.69) is 19.9 Å². The van der Waals surface area contributed by atoms with E-state index < -0.39 is 5.97 Å². The molecule has 1 fully saturated rings. The van der Waals surface area contributed by atoms with Crippen LogP contribution in [0.3, 0.4) is 0 Å². The number of H-pyrrole nitrogens is 1. The molecule has 156 valence electrons. The first-order valence-corrected chi connectivity index (χ1v) is 11.1. The highest BCUT2D eigenvalue weighted by Crippen LogP contribution is 2.27. The Morgan fingerprint density at radius 1 is 1.27 bits per heavy atom. The van der Waals surface area contributed by atoms with Crippen LogP contribution in [0.15, 0.2) is 40.8 Å². The molecule has 0 amide bonds. The summed E-state index contributed by atoms with van der Waals surface area (Å²) in [6.07, 6.45) is 6.34. The van der Waals surface area contributed by atoms with Gasteiger partial charge in [0.05, 0.1) is 16.8 Å². The average molecular weight is 425 g/mol. The van der Waals surface area contributed by atoms with Gasteiger partial charge in [-0.2, -0.15) is 0 Å². The van der Waals surface area contributed by atoms with Crippen molar-refractivity contribution in [3.63, 3.8) is 0 Å². The third kappa shape index (κ3) is 4.49. The molecule has 0 atom stereocenters. The average Bonchev–Trinajstić information content (AvgIpc) is 3.46. The van der Waals surface area contributed by atoms with E-state index in [0.717, 1.165) is 30.2 Å². The van der Waals surface area contributed by atoms with Crippen LogP contribution in [-0.4, -0.2) is 52.1 Å². The predicted molar refractivity (Wildman–Crippen MR) is 117 cm³/mol. The molecule has 7 nitrogen and oxygen atoms in total. The number of aromatic nitrogens is 3. The summed E-state index contributed by atoms with van der Waals surface area (Å²) in [5.74, 6) is -0.409.